The second-order valence-corrected chi connectivity index (χ2v) is 8.93. The summed E-state index contributed by atoms with van der Waals surface area (Å²) >= 11 is 1.62. The number of H-pyrrole nitrogens is 1. The molecule has 0 saturated heterocycles. The molecule has 1 aromatic carbocycles. The lowest BCUT2D eigenvalue weighted by molar-refractivity contribution is 0.0708. The van der Waals surface area contributed by atoms with Crippen molar-refractivity contribution in [2.45, 2.75) is 38.6 Å². The maximum Gasteiger partial charge on any atom is 0.289 e. The maximum atomic E-state index is 13.1. The van der Waals surface area contributed by atoms with Crippen molar-refractivity contribution in [3.8, 4) is 0 Å². The number of hydrogen-bond donors (Lipinski definition) is 1. The lowest BCUT2D eigenvalue weighted by Gasteiger charge is -2.21. The molecular weight excluding hydrogens is 410 g/mol. The molecule has 7 heteroatoms. The van der Waals surface area contributed by atoms with Gasteiger partial charge in [-0.2, -0.15) is 0 Å². The third kappa shape index (κ3) is 4.05. The molecule has 0 spiro atoms. The van der Waals surface area contributed by atoms with Crippen molar-refractivity contribution in [2.24, 2.45) is 0 Å². The Labute approximate surface area is 183 Å². The van der Waals surface area contributed by atoms with Crippen LogP contribution in [0.1, 0.15) is 45.2 Å². The molecule has 4 aromatic rings. The van der Waals surface area contributed by atoms with Crippen LogP contribution in [0.2, 0.25) is 0 Å². The van der Waals surface area contributed by atoms with Gasteiger partial charge in [-0.15, -0.1) is 11.3 Å². The molecule has 0 aliphatic heterocycles. The average molecular weight is 434 g/mol. The third-order valence-corrected chi connectivity index (χ3v) is 6.93. The molecule has 1 N–H and O–H groups in total. The van der Waals surface area contributed by atoms with Crippen LogP contribution in [-0.2, 0) is 25.8 Å². The van der Waals surface area contributed by atoms with Gasteiger partial charge >= 0.3 is 0 Å². The quantitative estimate of drug-likeness (QED) is 0.491. The lowest BCUT2D eigenvalue weighted by Crippen LogP contribution is -2.33. The molecule has 1 aliphatic carbocycles. The smallest absolute Gasteiger partial charge is 0.289 e. The third-order valence-electron chi connectivity index (χ3n) is 5.75. The highest BCUT2D eigenvalue weighted by Gasteiger charge is 2.23. The fourth-order valence-corrected chi connectivity index (χ4v) is 5.46. The van der Waals surface area contributed by atoms with Gasteiger partial charge in [-0.05, 0) is 55.4 Å². The summed E-state index contributed by atoms with van der Waals surface area (Å²) in [6.45, 7) is 0.715. The number of carbonyl (C=O) groups is 1. The van der Waals surface area contributed by atoms with Crippen molar-refractivity contribution in [2.75, 3.05) is 6.54 Å². The Morgan fingerprint density at radius 1 is 1.13 bits per heavy atom. The van der Waals surface area contributed by atoms with E-state index in [1.165, 1.54) is 16.7 Å². The molecule has 158 valence electrons. The van der Waals surface area contributed by atoms with E-state index in [4.69, 9.17) is 9.40 Å². The summed E-state index contributed by atoms with van der Waals surface area (Å²) in [5.41, 5.74) is 2.20. The molecule has 1 amide bonds. The number of nitrogens with one attached hydrogen (secondary N) is 1. The lowest BCUT2D eigenvalue weighted by atomic mass is 9.97. The van der Waals surface area contributed by atoms with Gasteiger partial charge in [0.25, 0.3) is 11.5 Å². The van der Waals surface area contributed by atoms with Crippen LogP contribution in [0, 0.1) is 0 Å². The summed E-state index contributed by atoms with van der Waals surface area (Å²) in [6.07, 6.45) is 6.43. The zero-order valence-corrected chi connectivity index (χ0v) is 17.9. The number of aromatic amines is 1. The first-order valence-corrected chi connectivity index (χ1v) is 11.4. The predicted octanol–water partition coefficient (Wildman–Crippen LogP) is 4.34. The number of thiophene rings is 1. The second-order valence-electron chi connectivity index (χ2n) is 7.84. The van der Waals surface area contributed by atoms with Gasteiger partial charge < -0.3 is 14.3 Å². The Hall–Kier alpha value is -3.19. The highest BCUT2D eigenvalue weighted by molar-refractivity contribution is 7.18. The molecule has 0 saturated carbocycles. The normalized spacial score (nSPS) is 13.3. The second kappa shape index (κ2) is 8.51. The summed E-state index contributed by atoms with van der Waals surface area (Å²) in [6, 6.07) is 13.4. The molecule has 3 aromatic heterocycles. The minimum Gasteiger partial charge on any atom is -0.459 e. The van der Waals surface area contributed by atoms with Gasteiger partial charge in [-0.3, -0.25) is 9.59 Å². The highest BCUT2D eigenvalue weighted by Crippen LogP contribution is 2.33. The first kappa shape index (κ1) is 19.8. The van der Waals surface area contributed by atoms with E-state index in [9.17, 15) is 9.59 Å². The molecule has 0 bridgehead atoms. The van der Waals surface area contributed by atoms with Crippen LogP contribution in [0.5, 0.6) is 0 Å². The molecule has 6 nitrogen and oxygen atoms in total. The number of aromatic nitrogens is 2. The number of rotatable bonds is 6. The molecule has 0 atom stereocenters. The molecule has 1 aliphatic rings. The van der Waals surface area contributed by atoms with Crippen molar-refractivity contribution < 1.29 is 9.21 Å². The Balaban J connectivity index is 1.44. The monoisotopic (exact) mass is 433 g/mol. The van der Waals surface area contributed by atoms with E-state index >= 15 is 0 Å². The van der Waals surface area contributed by atoms with E-state index in [-0.39, 0.29) is 23.8 Å². The van der Waals surface area contributed by atoms with Crippen molar-refractivity contribution in [1.29, 1.82) is 0 Å². The number of furan rings is 1. The molecule has 31 heavy (non-hydrogen) atoms. The number of carbonyl (C=O) groups excluding carboxylic acids is 1. The van der Waals surface area contributed by atoms with Crippen LogP contribution in [0.4, 0.5) is 0 Å². The standard InChI is InChI=1S/C24H23N3O3S/c28-22-21-17-9-4-5-11-19(17)31-23(21)26-20(25-22)15-27(24(29)18-10-6-14-30-18)13-12-16-7-2-1-3-8-16/h1-3,6-8,10,14H,4-5,9,11-13,15H2,(H,25,26,28). The molecule has 0 radical (unpaired) electrons. The van der Waals surface area contributed by atoms with Gasteiger partial charge in [-0.25, -0.2) is 4.98 Å². The Morgan fingerprint density at radius 3 is 2.77 bits per heavy atom. The first-order chi connectivity index (χ1) is 15.2. The number of nitrogens with zero attached hydrogens (tertiary/aromatic N) is 2. The van der Waals surface area contributed by atoms with Crippen LogP contribution in [0.3, 0.4) is 0 Å². The molecule has 0 unspecified atom stereocenters. The first-order valence-electron chi connectivity index (χ1n) is 10.6. The summed E-state index contributed by atoms with van der Waals surface area (Å²) < 4.78 is 5.33. The molecule has 3 heterocycles. The number of aryl methyl sites for hydroxylation is 2. The number of amides is 1. The van der Waals surface area contributed by atoms with Crippen molar-refractivity contribution >= 4 is 27.5 Å². The van der Waals surface area contributed by atoms with E-state index in [0.29, 0.717) is 18.8 Å². The van der Waals surface area contributed by atoms with Gasteiger partial charge in [0, 0.05) is 11.4 Å². The largest absolute Gasteiger partial charge is 0.459 e. The van der Waals surface area contributed by atoms with Crippen LogP contribution >= 0.6 is 11.3 Å². The van der Waals surface area contributed by atoms with Gasteiger partial charge in [0.1, 0.15) is 10.7 Å². The van der Waals surface area contributed by atoms with Crippen molar-refractivity contribution in [3.63, 3.8) is 0 Å². The van der Waals surface area contributed by atoms with E-state index in [1.54, 1.807) is 28.4 Å². The SMILES string of the molecule is O=C(c1ccco1)N(CCc1ccccc1)Cc1nc2sc3c(c2c(=O)[nH]1)CCCC3. The van der Waals surface area contributed by atoms with Gasteiger partial charge in [0.05, 0.1) is 18.2 Å². The number of hydrogen-bond acceptors (Lipinski definition) is 5. The van der Waals surface area contributed by atoms with Crippen LogP contribution in [0.15, 0.2) is 57.9 Å². The van der Waals surface area contributed by atoms with Gasteiger partial charge in [0.15, 0.2) is 5.76 Å². The molecule has 5 rings (SSSR count). The zero-order valence-electron chi connectivity index (χ0n) is 17.1. The van der Waals surface area contributed by atoms with Gasteiger partial charge in [-0.1, -0.05) is 30.3 Å². The van der Waals surface area contributed by atoms with Crippen LogP contribution in [0.25, 0.3) is 10.2 Å². The Kier molecular flexibility index (Phi) is 5.42. The minimum absolute atomic E-state index is 0.104. The Bertz CT molecular complexity index is 1260. The van der Waals surface area contributed by atoms with Crippen molar-refractivity contribution in [1.82, 2.24) is 14.9 Å². The summed E-state index contributed by atoms with van der Waals surface area (Å²) in [5, 5.41) is 0.733. The average Bonchev–Trinajstić information content (AvgIpc) is 3.45. The van der Waals surface area contributed by atoms with E-state index in [2.05, 4.69) is 4.98 Å². The highest BCUT2D eigenvalue weighted by atomic mass is 32.1. The summed E-state index contributed by atoms with van der Waals surface area (Å²) in [5.74, 6) is 0.571. The Morgan fingerprint density at radius 2 is 1.97 bits per heavy atom. The summed E-state index contributed by atoms with van der Waals surface area (Å²) in [4.78, 5) is 37.3. The fraction of sp³-hybridized carbons (Fsp3) is 0.292. The molecular formula is C24H23N3O3S. The number of benzene rings is 1. The van der Waals surface area contributed by atoms with E-state index < -0.39 is 0 Å². The van der Waals surface area contributed by atoms with Gasteiger partial charge in [0.2, 0.25) is 0 Å². The minimum atomic E-state index is -0.214. The van der Waals surface area contributed by atoms with Crippen molar-refractivity contribution in [3.05, 3.63) is 86.7 Å². The van der Waals surface area contributed by atoms with E-state index in [0.717, 1.165) is 41.5 Å². The predicted molar refractivity (Wildman–Crippen MR) is 120 cm³/mol. The van der Waals surface area contributed by atoms with Crippen LogP contribution in [-0.4, -0.2) is 27.3 Å². The van der Waals surface area contributed by atoms with E-state index in [1.807, 2.05) is 30.3 Å². The van der Waals surface area contributed by atoms with Crippen LogP contribution < -0.4 is 5.56 Å². The number of fused-ring (bicyclic) bond motifs is 3. The maximum absolute atomic E-state index is 13.1. The zero-order chi connectivity index (χ0) is 21.2. The molecule has 0 fully saturated rings. The fourth-order valence-electron chi connectivity index (χ4n) is 4.18. The summed E-state index contributed by atoms with van der Waals surface area (Å²) in [7, 11) is 0. The topological polar surface area (TPSA) is 79.2 Å².